The number of methoxy groups -OCH3 is 1. The molecule has 0 aromatic carbocycles. The number of hydrogen-bond donors (Lipinski definition) is 0. The van der Waals surface area contributed by atoms with Gasteiger partial charge < -0.3 is 4.74 Å². The lowest BCUT2D eigenvalue weighted by molar-refractivity contribution is -0.159. The first kappa shape index (κ1) is 13.8. The van der Waals surface area contributed by atoms with Gasteiger partial charge in [0.2, 0.25) is 0 Å². The molecule has 3 rings (SSSR count). The molecule has 3 heteroatoms. The van der Waals surface area contributed by atoms with Gasteiger partial charge in [-0.05, 0) is 32.2 Å². The fraction of sp³-hybridized carbons (Fsp3) is 1.00. The van der Waals surface area contributed by atoms with Crippen LogP contribution in [0.1, 0.15) is 46.5 Å². The van der Waals surface area contributed by atoms with Gasteiger partial charge in [-0.3, -0.25) is 9.80 Å². The third kappa shape index (κ3) is 2.14. The van der Waals surface area contributed by atoms with Crippen molar-refractivity contribution in [3.05, 3.63) is 0 Å². The van der Waals surface area contributed by atoms with Gasteiger partial charge in [-0.25, -0.2) is 0 Å². The summed E-state index contributed by atoms with van der Waals surface area (Å²) in [4.78, 5) is 5.58. The van der Waals surface area contributed by atoms with E-state index in [4.69, 9.17) is 4.74 Å². The molecule has 0 aromatic rings. The molecule has 4 atom stereocenters. The van der Waals surface area contributed by atoms with Crippen molar-refractivity contribution in [3.63, 3.8) is 0 Å². The Morgan fingerprint density at radius 1 is 1.26 bits per heavy atom. The molecule has 1 saturated carbocycles. The highest BCUT2D eigenvalue weighted by Crippen LogP contribution is 2.47. The van der Waals surface area contributed by atoms with Crippen molar-refractivity contribution in [2.24, 2.45) is 5.41 Å². The number of piperazine rings is 1. The lowest BCUT2D eigenvalue weighted by Crippen LogP contribution is -2.68. The minimum Gasteiger partial charge on any atom is -0.381 e. The van der Waals surface area contributed by atoms with Crippen molar-refractivity contribution in [2.45, 2.75) is 70.7 Å². The predicted molar refractivity (Wildman–Crippen MR) is 78.4 cm³/mol. The Kier molecular flexibility index (Phi) is 3.65. The molecule has 0 radical (unpaired) electrons. The number of fused-ring (bicyclic) bond motifs is 1. The van der Waals surface area contributed by atoms with Gasteiger partial charge in [0.15, 0.2) is 0 Å². The second-order valence-electron chi connectivity index (χ2n) is 7.35. The first-order valence-electron chi connectivity index (χ1n) is 8.10. The van der Waals surface area contributed by atoms with Gasteiger partial charge >= 0.3 is 0 Å². The molecule has 2 aliphatic heterocycles. The summed E-state index contributed by atoms with van der Waals surface area (Å²) in [5, 5.41) is 0. The average Bonchev–Trinajstić information content (AvgIpc) is 2.84. The Bertz CT molecular complexity index is 331. The van der Waals surface area contributed by atoms with Gasteiger partial charge in [0.1, 0.15) is 0 Å². The fourth-order valence-corrected chi connectivity index (χ4v) is 4.68. The van der Waals surface area contributed by atoms with Crippen LogP contribution in [0.15, 0.2) is 0 Å². The van der Waals surface area contributed by atoms with Crippen LogP contribution < -0.4 is 0 Å². The van der Waals surface area contributed by atoms with Crippen molar-refractivity contribution in [2.75, 3.05) is 26.7 Å². The number of hydrogen-bond acceptors (Lipinski definition) is 3. The summed E-state index contributed by atoms with van der Waals surface area (Å²) < 4.78 is 5.64. The van der Waals surface area contributed by atoms with Crippen LogP contribution in [0.3, 0.4) is 0 Å². The molecule has 0 bridgehead atoms. The summed E-state index contributed by atoms with van der Waals surface area (Å²) in [7, 11) is 1.87. The number of nitrogens with zero attached hydrogens (tertiary/aromatic N) is 2. The van der Waals surface area contributed by atoms with Crippen LogP contribution in [0, 0.1) is 5.41 Å². The summed E-state index contributed by atoms with van der Waals surface area (Å²) in [6.45, 7) is 11.1. The molecule has 0 aromatic heterocycles. The van der Waals surface area contributed by atoms with Crippen LogP contribution in [0.4, 0.5) is 0 Å². The van der Waals surface area contributed by atoms with E-state index in [9.17, 15) is 0 Å². The van der Waals surface area contributed by atoms with Crippen LogP contribution in [0.5, 0.6) is 0 Å². The molecular weight excluding hydrogens is 236 g/mol. The molecule has 0 spiro atoms. The zero-order valence-corrected chi connectivity index (χ0v) is 13.1. The van der Waals surface area contributed by atoms with Crippen LogP contribution in [-0.2, 0) is 4.74 Å². The molecule has 19 heavy (non-hydrogen) atoms. The van der Waals surface area contributed by atoms with Crippen LogP contribution in [0.2, 0.25) is 0 Å². The van der Waals surface area contributed by atoms with Gasteiger partial charge in [0.05, 0.1) is 6.10 Å². The maximum Gasteiger partial charge on any atom is 0.0652 e. The van der Waals surface area contributed by atoms with E-state index in [1.807, 2.05) is 7.11 Å². The standard InChI is InChI=1S/C16H30N2O/c1-5-12-10-17-8-6-7-13(17)11-18(12)14-9-15(19-4)16(14,2)3/h12-15H,5-11H2,1-4H3. The normalized spacial score (nSPS) is 42.9. The monoisotopic (exact) mass is 266 g/mol. The topological polar surface area (TPSA) is 15.7 Å². The maximum atomic E-state index is 5.64. The Hall–Kier alpha value is -0.120. The van der Waals surface area contributed by atoms with Crippen molar-refractivity contribution in [3.8, 4) is 0 Å². The van der Waals surface area contributed by atoms with E-state index in [2.05, 4.69) is 30.6 Å². The van der Waals surface area contributed by atoms with E-state index in [0.29, 0.717) is 11.5 Å². The van der Waals surface area contributed by atoms with Crippen molar-refractivity contribution in [1.29, 1.82) is 0 Å². The molecule has 2 heterocycles. The van der Waals surface area contributed by atoms with Crippen LogP contribution in [0.25, 0.3) is 0 Å². The van der Waals surface area contributed by atoms with Crippen molar-refractivity contribution < 1.29 is 4.74 Å². The molecule has 3 nitrogen and oxygen atoms in total. The smallest absolute Gasteiger partial charge is 0.0652 e. The van der Waals surface area contributed by atoms with E-state index in [0.717, 1.165) is 18.1 Å². The molecule has 2 saturated heterocycles. The molecule has 1 aliphatic carbocycles. The zero-order valence-electron chi connectivity index (χ0n) is 13.1. The Labute approximate surface area is 118 Å². The Balaban J connectivity index is 1.72. The van der Waals surface area contributed by atoms with E-state index < -0.39 is 0 Å². The first-order chi connectivity index (χ1) is 9.07. The van der Waals surface area contributed by atoms with Gasteiger partial charge in [0, 0.05) is 43.7 Å². The lowest BCUT2D eigenvalue weighted by Gasteiger charge is -2.59. The Morgan fingerprint density at radius 3 is 2.68 bits per heavy atom. The van der Waals surface area contributed by atoms with Gasteiger partial charge in [-0.2, -0.15) is 0 Å². The summed E-state index contributed by atoms with van der Waals surface area (Å²) in [6.07, 6.45) is 5.79. The highest BCUT2D eigenvalue weighted by Gasteiger charge is 2.53. The molecular formula is C16H30N2O. The predicted octanol–water partition coefficient (Wildman–Crippen LogP) is 2.36. The summed E-state index contributed by atoms with van der Waals surface area (Å²) in [5.74, 6) is 0. The summed E-state index contributed by atoms with van der Waals surface area (Å²) in [5.41, 5.74) is 0.322. The highest BCUT2D eigenvalue weighted by molar-refractivity contribution is 5.07. The van der Waals surface area contributed by atoms with Crippen molar-refractivity contribution >= 4 is 0 Å². The minimum absolute atomic E-state index is 0.322. The van der Waals surface area contributed by atoms with E-state index in [1.54, 1.807) is 0 Å². The second-order valence-corrected chi connectivity index (χ2v) is 7.35. The third-order valence-electron chi connectivity index (χ3n) is 6.12. The summed E-state index contributed by atoms with van der Waals surface area (Å²) in [6, 6.07) is 2.32. The van der Waals surface area contributed by atoms with Crippen LogP contribution in [-0.4, -0.2) is 60.8 Å². The molecule has 110 valence electrons. The highest BCUT2D eigenvalue weighted by atomic mass is 16.5. The third-order valence-corrected chi connectivity index (χ3v) is 6.12. The maximum absolute atomic E-state index is 5.64. The van der Waals surface area contributed by atoms with E-state index in [1.165, 1.54) is 45.3 Å². The van der Waals surface area contributed by atoms with E-state index in [-0.39, 0.29) is 0 Å². The molecule has 3 aliphatic rings. The number of ether oxygens (including phenoxy) is 1. The minimum atomic E-state index is 0.322. The average molecular weight is 266 g/mol. The van der Waals surface area contributed by atoms with Gasteiger partial charge in [-0.15, -0.1) is 0 Å². The van der Waals surface area contributed by atoms with E-state index >= 15 is 0 Å². The fourth-order valence-electron chi connectivity index (χ4n) is 4.68. The largest absolute Gasteiger partial charge is 0.381 e. The number of rotatable bonds is 3. The quantitative estimate of drug-likeness (QED) is 0.780. The zero-order chi connectivity index (χ0) is 13.6. The molecule has 4 unspecified atom stereocenters. The molecule has 3 fully saturated rings. The lowest BCUT2D eigenvalue weighted by atomic mass is 9.63. The van der Waals surface area contributed by atoms with Gasteiger partial charge in [0.25, 0.3) is 0 Å². The molecule has 0 amide bonds. The SMILES string of the molecule is CCC1CN2CCCC2CN1C1CC(OC)C1(C)C. The second kappa shape index (κ2) is 5.01. The molecule has 0 N–H and O–H groups in total. The van der Waals surface area contributed by atoms with Gasteiger partial charge in [-0.1, -0.05) is 20.8 Å². The first-order valence-corrected chi connectivity index (χ1v) is 8.10. The van der Waals surface area contributed by atoms with Crippen molar-refractivity contribution in [1.82, 2.24) is 9.80 Å². The van der Waals surface area contributed by atoms with Crippen LogP contribution >= 0.6 is 0 Å². The summed E-state index contributed by atoms with van der Waals surface area (Å²) >= 11 is 0. The Morgan fingerprint density at radius 2 is 2.05 bits per heavy atom.